The molecule has 0 spiro atoms. The smallest absolute Gasteiger partial charge is 0.381 e. The zero-order chi connectivity index (χ0) is 31.1. The molecule has 2 aromatic rings. The molecule has 3 amide bonds. The van der Waals surface area contributed by atoms with Crippen molar-refractivity contribution in [2.75, 3.05) is 31.7 Å². The lowest BCUT2D eigenvalue weighted by molar-refractivity contribution is -0.137. The minimum absolute atomic E-state index is 0.0638. The number of nitrogens with one attached hydrogen (secondary N) is 1. The van der Waals surface area contributed by atoms with Crippen molar-refractivity contribution in [2.24, 2.45) is 5.92 Å². The Morgan fingerprint density at radius 1 is 1.23 bits per heavy atom. The number of halogens is 3. The molecule has 1 saturated carbocycles. The van der Waals surface area contributed by atoms with Crippen LogP contribution in [0.25, 0.3) is 0 Å². The third-order valence-corrected chi connectivity index (χ3v) is 8.94. The van der Waals surface area contributed by atoms with Gasteiger partial charge < -0.3 is 15.0 Å². The van der Waals surface area contributed by atoms with Crippen LogP contribution in [0.5, 0.6) is 0 Å². The van der Waals surface area contributed by atoms with E-state index < -0.39 is 47.5 Å². The molecular formula is C30H35F3N6O4. The Hall–Kier alpha value is -3.92. The third kappa shape index (κ3) is 5.60. The number of carbonyl (C=O) groups is 3. The molecule has 0 radical (unpaired) electrons. The standard InChI is InChI=1S/C30H35F3N6O4/c1-4-38-27-23(25(28(41)37(3)17(2)16-34)36-39(27)21-11-13-43-14-12-21)22(18-7-5-8-18)24(29(38)42)35-26(40)19-9-6-10-20(15-19)30(31,32)33/h6,9-10,15,17-18,21-22,24H,4-5,7-8,11-14H2,1-3H3,(H,35,40). The summed E-state index contributed by atoms with van der Waals surface area (Å²) in [6, 6.07) is 4.13. The number of likely N-dealkylation sites (N-methyl/N-ethyl adjacent to an activating group) is 1. The molecule has 43 heavy (non-hydrogen) atoms. The normalized spacial score (nSPS) is 21.9. The van der Waals surface area contributed by atoms with E-state index in [1.165, 1.54) is 22.9 Å². The molecule has 3 unspecified atom stereocenters. The topological polar surface area (TPSA) is 121 Å². The first-order valence-electron chi connectivity index (χ1n) is 14.6. The molecule has 1 aromatic carbocycles. The van der Waals surface area contributed by atoms with Crippen molar-refractivity contribution in [3.8, 4) is 6.07 Å². The molecule has 1 N–H and O–H groups in total. The lowest BCUT2D eigenvalue weighted by atomic mass is 9.68. The molecule has 3 atom stereocenters. The Kier molecular flexibility index (Phi) is 8.51. The van der Waals surface area contributed by atoms with Gasteiger partial charge in [-0.25, -0.2) is 4.68 Å². The van der Waals surface area contributed by atoms with Crippen LogP contribution in [0.2, 0.25) is 0 Å². The van der Waals surface area contributed by atoms with Crippen LogP contribution in [0.3, 0.4) is 0 Å². The number of hydrogen-bond donors (Lipinski definition) is 1. The molecule has 5 rings (SSSR count). The van der Waals surface area contributed by atoms with Gasteiger partial charge in [0, 0.05) is 43.9 Å². The molecule has 230 valence electrons. The van der Waals surface area contributed by atoms with Crippen LogP contribution in [-0.2, 0) is 15.7 Å². The average Bonchev–Trinajstić information content (AvgIpc) is 3.37. The first-order valence-corrected chi connectivity index (χ1v) is 14.6. The average molecular weight is 601 g/mol. The molecule has 3 heterocycles. The molecule has 10 nitrogen and oxygen atoms in total. The number of hydrogen-bond acceptors (Lipinski definition) is 6. The fourth-order valence-corrected chi connectivity index (χ4v) is 6.20. The summed E-state index contributed by atoms with van der Waals surface area (Å²) in [5, 5.41) is 17.1. The Morgan fingerprint density at radius 3 is 2.51 bits per heavy atom. The summed E-state index contributed by atoms with van der Waals surface area (Å²) in [6.45, 7) is 4.59. The zero-order valence-electron chi connectivity index (χ0n) is 24.4. The fourth-order valence-electron chi connectivity index (χ4n) is 6.20. The summed E-state index contributed by atoms with van der Waals surface area (Å²) in [5.41, 5.74) is -0.537. The predicted octanol–water partition coefficient (Wildman–Crippen LogP) is 4.29. The lowest BCUT2D eigenvalue weighted by Crippen LogP contribution is -2.57. The van der Waals surface area contributed by atoms with Crippen LogP contribution in [0.15, 0.2) is 24.3 Å². The molecule has 2 fully saturated rings. The van der Waals surface area contributed by atoms with E-state index in [1.807, 2.05) is 0 Å². The van der Waals surface area contributed by atoms with Gasteiger partial charge in [-0.2, -0.15) is 23.5 Å². The number of ether oxygens (including phenoxy) is 1. The number of fused-ring (bicyclic) bond motifs is 1. The Morgan fingerprint density at radius 2 is 1.93 bits per heavy atom. The minimum atomic E-state index is -4.64. The first kappa shape index (κ1) is 30.5. The monoisotopic (exact) mass is 600 g/mol. The SMILES string of the molecule is CCN1C(=O)C(NC(=O)c2cccc(C(F)(F)F)c2)C(C2CCC2)c2c(C(=O)N(C)C(C)C#N)nn(C3CCOCC3)c21. The van der Waals surface area contributed by atoms with Gasteiger partial charge in [0.15, 0.2) is 5.69 Å². The van der Waals surface area contributed by atoms with Gasteiger partial charge in [0.25, 0.3) is 17.7 Å². The lowest BCUT2D eigenvalue weighted by Gasteiger charge is -2.44. The highest BCUT2D eigenvalue weighted by Gasteiger charge is 2.51. The molecule has 0 bridgehead atoms. The van der Waals surface area contributed by atoms with Gasteiger partial charge in [0.05, 0.1) is 17.7 Å². The number of nitrogens with zero attached hydrogens (tertiary/aromatic N) is 5. The van der Waals surface area contributed by atoms with Crippen molar-refractivity contribution in [3.63, 3.8) is 0 Å². The Bertz CT molecular complexity index is 1440. The van der Waals surface area contributed by atoms with E-state index in [2.05, 4.69) is 11.4 Å². The number of aromatic nitrogens is 2. The van der Waals surface area contributed by atoms with Crippen LogP contribution < -0.4 is 10.2 Å². The van der Waals surface area contributed by atoms with E-state index in [0.29, 0.717) is 37.4 Å². The summed E-state index contributed by atoms with van der Waals surface area (Å²) < 4.78 is 47.5. The fraction of sp³-hybridized carbons (Fsp3) is 0.567. The van der Waals surface area contributed by atoms with Crippen molar-refractivity contribution in [3.05, 3.63) is 46.6 Å². The van der Waals surface area contributed by atoms with Crippen molar-refractivity contribution in [1.29, 1.82) is 5.26 Å². The van der Waals surface area contributed by atoms with Crippen molar-refractivity contribution in [2.45, 2.75) is 76.2 Å². The molecular weight excluding hydrogens is 565 g/mol. The van der Waals surface area contributed by atoms with E-state index in [9.17, 15) is 32.8 Å². The van der Waals surface area contributed by atoms with Gasteiger partial charge in [-0.1, -0.05) is 12.5 Å². The van der Waals surface area contributed by atoms with Crippen molar-refractivity contribution >= 4 is 23.5 Å². The second-order valence-electron chi connectivity index (χ2n) is 11.4. The van der Waals surface area contributed by atoms with Crippen LogP contribution in [-0.4, -0.2) is 71.3 Å². The maximum absolute atomic E-state index is 14.2. The maximum atomic E-state index is 14.2. The van der Waals surface area contributed by atoms with Gasteiger partial charge in [0.1, 0.15) is 17.9 Å². The van der Waals surface area contributed by atoms with E-state index in [-0.39, 0.29) is 29.8 Å². The molecule has 13 heteroatoms. The van der Waals surface area contributed by atoms with Gasteiger partial charge in [-0.05, 0) is 63.6 Å². The summed E-state index contributed by atoms with van der Waals surface area (Å²) in [4.78, 5) is 44.4. The van der Waals surface area contributed by atoms with Crippen LogP contribution >= 0.6 is 0 Å². The number of anilines is 1. The number of nitriles is 1. The van der Waals surface area contributed by atoms with Crippen molar-refractivity contribution < 1.29 is 32.3 Å². The third-order valence-electron chi connectivity index (χ3n) is 8.94. The number of alkyl halides is 3. The quantitative estimate of drug-likeness (QED) is 0.507. The van der Waals surface area contributed by atoms with Gasteiger partial charge >= 0.3 is 6.18 Å². The summed E-state index contributed by atoms with van der Waals surface area (Å²) in [7, 11) is 1.52. The van der Waals surface area contributed by atoms with Crippen LogP contribution in [0, 0.1) is 17.2 Å². The van der Waals surface area contributed by atoms with Crippen molar-refractivity contribution in [1.82, 2.24) is 20.0 Å². The highest BCUT2D eigenvalue weighted by Crippen LogP contribution is 2.50. The number of rotatable bonds is 7. The minimum Gasteiger partial charge on any atom is -0.381 e. The van der Waals surface area contributed by atoms with Crippen LogP contribution in [0.1, 0.15) is 89.9 Å². The van der Waals surface area contributed by atoms with E-state index in [1.54, 1.807) is 18.5 Å². The largest absolute Gasteiger partial charge is 0.416 e. The molecule has 2 aliphatic heterocycles. The number of benzene rings is 1. The van der Waals surface area contributed by atoms with E-state index >= 15 is 0 Å². The van der Waals surface area contributed by atoms with E-state index in [0.717, 1.165) is 37.5 Å². The Labute approximate surface area is 247 Å². The highest BCUT2D eigenvalue weighted by molar-refractivity contribution is 6.07. The van der Waals surface area contributed by atoms with Gasteiger partial charge in [-0.15, -0.1) is 0 Å². The Balaban J connectivity index is 1.64. The molecule has 1 aliphatic carbocycles. The maximum Gasteiger partial charge on any atom is 0.416 e. The highest BCUT2D eigenvalue weighted by atomic mass is 19.4. The van der Waals surface area contributed by atoms with Crippen LogP contribution in [0.4, 0.5) is 19.0 Å². The summed E-state index contributed by atoms with van der Waals surface area (Å²) >= 11 is 0. The first-order chi connectivity index (χ1) is 20.5. The summed E-state index contributed by atoms with van der Waals surface area (Å²) in [5.74, 6) is -1.89. The molecule has 1 aromatic heterocycles. The predicted molar refractivity (Wildman–Crippen MR) is 149 cm³/mol. The van der Waals surface area contributed by atoms with E-state index in [4.69, 9.17) is 9.84 Å². The molecule has 3 aliphatic rings. The second kappa shape index (κ2) is 12.0. The summed E-state index contributed by atoms with van der Waals surface area (Å²) in [6.07, 6.45) is -0.984. The zero-order valence-corrected chi connectivity index (χ0v) is 24.4. The second-order valence-corrected chi connectivity index (χ2v) is 11.4. The van der Waals surface area contributed by atoms with Gasteiger partial charge in [0.2, 0.25) is 0 Å². The molecule has 1 saturated heterocycles. The number of carbonyl (C=O) groups excluding carboxylic acids is 3. The number of amides is 3. The van der Waals surface area contributed by atoms with Gasteiger partial charge in [-0.3, -0.25) is 19.3 Å².